The topological polar surface area (TPSA) is 81.2 Å². The molecule has 106 valence electrons. The van der Waals surface area contributed by atoms with Gasteiger partial charge in [-0.05, 0) is 37.8 Å². The van der Waals surface area contributed by atoms with E-state index in [2.05, 4.69) is 26.1 Å². The number of nitrogens with two attached hydrogens (primary N) is 1. The number of nitrogens with one attached hydrogen (secondary N) is 1. The van der Waals surface area contributed by atoms with Gasteiger partial charge in [0, 0.05) is 5.54 Å². The molecule has 3 N–H and O–H groups in total. The molecule has 0 amide bonds. The number of nitro benzene ring substituents is 1. The first kappa shape index (κ1) is 15.3. The van der Waals surface area contributed by atoms with Crippen molar-refractivity contribution in [2.45, 2.75) is 46.6 Å². The van der Waals surface area contributed by atoms with Crippen molar-refractivity contribution in [3.63, 3.8) is 0 Å². The molecule has 0 radical (unpaired) electrons. The molecule has 0 unspecified atom stereocenters. The summed E-state index contributed by atoms with van der Waals surface area (Å²) < 4.78 is 0. The van der Waals surface area contributed by atoms with Crippen LogP contribution in [0.2, 0.25) is 0 Å². The zero-order chi connectivity index (χ0) is 14.8. The molecule has 0 spiro atoms. The van der Waals surface area contributed by atoms with Crippen molar-refractivity contribution in [1.29, 1.82) is 0 Å². The number of para-hydroxylation sites is 1. The Labute approximate surface area is 114 Å². The van der Waals surface area contributed by atoms with E-state index in [-0.39, 0.29) is 22.3 Å². The summed E-state index contributed by atoms with van der Waals surface area (Å²) in [5.41, 5.74) is 6.17. The maximum Gasteiger partial charge on any atom is 0.314 e. The normalized spacial score (nSPS) is 12.3. The summed E-state index contributed by atoms with van der Waals surface area (Å²) in [5, 5.41) is 14.3. The van der Waals surface area contributed by atoms with Gasteiger partial charge in [0.25, 0.3) is 0 Å². The van der Waals surface area contributed by atoms with E-state index in [0.29, 0.717) is 5.69 Å². The van der Waals surface area contributed by atoms with Gasteiger partial charge in [-0.1, -0.05) is 26.8 Å². The van der Waals surface area contributed by atoms with Gasteiger partial charge in [-0.15, -0.1) is 0 Å². The van der Waals surface area contributed by atoms with Crippen molar-refractivity contribution < 1.29 is 4.92 Å². The van der Waals surface area contributed by atoms with E-state index in [9.17, 15) is 10.1 Å². The fraction of sp³-hybridized carbons (Fsp3) is 0.571. The van der Waals surface area contributed by atoms with Gasteiger partial charge in [-0.25, -0.2) is 0 Å². The van der Waals surface area contributed by atoms with Crippen molar-refractivity contribution in [2.24, 2.45) is 5.41 Å². The highest BCUT2D eigenvalue weighted by molar-refractivity contribution is 5.74. The van der Waals surface area contributed by atoms with Crippen LogP contribution in [0.3, 0.4) is 0 Å². The number of benzene rings is 1. The van der Waals surface area contributed by atoms with E-state index >= 15 is 0 Å². The highest BCUT2D eigenvalue weighted by Crippen LogP contribution is 2.35. The van der Waals surface area contributed by atoms with Crippen LogP contribution in [-0.4, -0.2) is 10.5 Å². The third-order valence-corrected chi connectivity index (χ3v) is 2.70. The monoisotopic (exact) mass is 265 g/mol. The van der Waals surface area contributed by atoms with Gasteiger partial charge in [0.2, 0.25) is 0 Å². The number of nitrogens with zero attached hydrogens (tertiary/aromatic N) is 1. The number of anilines is 2. The van der Waals surface area contributed by atoms with Crippen LogP contribution >= 0.6 is 0 Å². The van der Waals surface area contributed by atoms with E-state index < -0.39 is 4.92 Å². The third kappa shape index (κ3) is 4.43. The second-order valence-electron chi connectivity index (χ2n) is 6.75. The molecular weight excluding hydrogens is 242 g/mol. The predicted molar refractivity (Wildman–Crippen MR) is 79.3 cm³/mol. The Bertz CT molecular complexity index is 476. The summed E-state index contributed by atoms with van der Waals surface area (Å²) in [5.74, 6) is 0. The summed E-state index contributed by atoms with van der Waals surface area (Å²) in [7, 11) is 0. The molecule has 5 heteroatoms. The molecule has 0 bridgehead atoms. The largest absolute Gasteiger partial charge is 0.393 e. The lowest BCUT2D eigenvalue weighted by atomic mass is 9.81. The maximum absolute atomic E-state index is 11.1. The molecule has 5 nitrogen and oxygen atoms in total. The van der Waals surface area contributed by atoms with Crippen molar-refractivity contribution in [3.05, 3.63) is 28.3 Å². The molecule has 0 saturated heterocycles. The number of nitro groups is 1. The van der Waals surface area contributed by atoms with Gasteiger partial charge < -0.3 is 11.1 Å². The van der Waals surface area contributed by atoms with Crippen LogP contribution < -0.4 is 11.1 Å². The average Bonchev–Trinajstić information content (AvgIpc) is 2.11. The van der Waals surface area contributed by atoms with Crippen molar-refractivity contribution in [3.8, 4) is 0 Å². The first-order chi connectivity index (χ1) is 8.52. The minimum atomic E-state index is -0.440. The van der Waals surface area contributed by atoms with Crippen LogP contribution in [0, 0.1) is 15.5 Å². The molecule has 0 saturated carbocycles. The van der Waals surface area contributed by atoms with Crippen LogP contribution in [0.25, 0.3) is 0 Å². The zero-order valence-corrected chi connectivity index (χ0v) is 12.3. The first-order valence-electron chi connectivity index (χ1n) is 6.33. The molecule has 0 aromatic heterocycles. The van der Waals surface area contributed by atoms with Crippen molar-refractivity contribution in [2.75, 3.05) is 11.1 Å². The summed E-state index contributed by atoms with van der Waals surface area (Å²) in [6.45, 7) is 10.5. The van der Waals surface area contributed by atoms with Gasteiger partial charge >= 0.3 is 5.69 Å². The Morgan fingerprint density at radius 1 is 1.26 bits per heavy atom. The number of hydrogen-bond acceptors (Lipinski definition) is 4. The van der Waals surface area contributed by atoms with E-state index in [1.54, 1.807) is 18.2 Å². The SMILES string of the molecule is CC(C)(C)CC(C)(C)Nc1cccc(N)c1[N+](=O)[O-]. The first-order valence-corrected chi connectivity index (χ1v) is 6.33. The molecular formula is C14H23N3O2. The van der Waals surface area contributed by atoms with Crippen LogP contribution in [0.15, 0.2) is 18.2 Å². The van der Waals surface area contributed by atoms with Crippen LogP contribution in [0.4, 0.5) is 17.1 Å². The molecule has 0 atom stereocenters. The minimum Gasteiger partial charge on any atom is -0.393 e. The van der Waals surface area contributed by atoms with Gasteiger partial charge in [0.05, 0.1) is 4.92 Å². The average molecular weight is 265 g/mol. The number of rotatable bonds is 4. The van der Waals surface area contributed by atoms with Gasteiger partial charge in [-0.2, -0.15) is 0 Å². The van der Waals surface area contributed by atoms with Crippen LogP contribution in [0.5, 0.6) is 0 Å². The molecule has 0 aliphatic rings. The lowest BCUT2D eigenvalue weighted by molar-refractivity contribution is -0.383. The highest BCUT2D eigenvalue weighted by atomic mass is 16.6. The summed E-state index contributed by atoms with van der Waals surface area (Å²) in [6, 6.07) is 4.96. The summed E-state index contributed by atoms with van der Waals surface area (Å²) in [4.78, 5) is 10.7. The van der Waals surface area contributed by atoms with Crippen LogP contribution in [-0.2, 0) is 0 Å². The minimum absolute atomic E-state index is 0.0514. The summed E-state index contributed by atoms with van der Waals surface area (Å²) in [6.07, 6.45) is 0.881. The molecule has 1 rings (SSSR count). The second kappa shape index (κ2) is 5.07. The van der Waals surface area contributed by atoms with Gasteiger partial charge in [0.1, 0.15) is 11.4 Å². The maximum atomic E-state index is 11.1. The number of nitrogen functional groups attached to an aromatic ring is 1. The van der Waals surface area contributed by atoms with Crippen molar-refractivity contribution in [1.82, 2.24) is 0 Å². The lowest BCUT2D eigenvalue weighted by Gasteiger charge is -2.34. The molecule has 0 aliphatic heterocycles. The molecule has 0 aliphatic carbocycles. The molecule has 1 aromatic carbocycles. The standard InChI is InChI=1S/C14H23N3O2/c1-13(2,3)9-14(4,5)16-11-8-6-7-10(15)12(11)17(18)19/h6-8,16H,9,15H2,1-5H3. The Balaban J connectivity index is 3.06. The van der Waals surface area contributed by atoms with Gasteiger partial charge in [0.15, 0.2) is 0 Å². The molecule has 0 fully saturated rings. The van der Waals surface area contributed by atoms with Gasteiger partial charge in [-0.3, -0.25) is 10.1 Å². The highest BCUT2D eigenvalue weighted by Gasteiger charge is 2.28. The Morgan fingerprint density at radius 3 is 2.32 bits per heavy atom. The van der Waals surface area contributed by atoms with E-state index in [0.717, 1.165) is 6.42 Å². The predicted octanol–water partition coefficient (Wildman–Crippen LogP) is 3.80. The van der Waals surface area contributed by atoms with E-state index in [4.69, 9.17) is 5.73 Å². The Morgan fingerprint density at radius 2 is 1.84 bits per heavy atom. The molecule has 0 heterocycles. The third-order valence-electron chi connectivity index (χ3n) is 2.70. The zero-order valence-electron chi connectivity index (χ0n) is 12.3. The Kier molecular flexibility index (Phi) is 4.08. The van der Waals surface area contributed by atoms with E-state index in [1.807, 2.05) is 13.8 Å². The summed E-state index contributed by atoms with van der Waals surface area (Å²) >= 11 is 0. The smallest absolute Gasteiger partial charge is 0.314 e. The fourth-order valence-corrected chi connectivity index (χ4v) is 2.60. The lowest BCUT2D eigenvalue weighted by Crippen LogP contribution is -2.35. The van der Waals surface area contributed by atoms with Crippen LogP contribution in [0.1, 0.15) is 41.0 Å². The van der Waals surface area contributed by atoms with E-state index in [1.165, 1.54) is 0 Å². The molecule has 19 heavy (non-hydrogen) atoms. The number of hydrogen-bond donors (Lipinski definition) is 2. The van der Waals surface area contributed by atoms with Crippen molar-refractivity contribution >= 4 is 17.1 Å². The quantitative estimate of drug-likeness (QED) is 0.493. The fourth-order valence-electron chi connectivity index (χ4n) is 2.60. The Hall–Kier alpha value is -1.78. The second-order valence-corrected chi connectivity index (χ2v) is 6.75. The molecule has 1 aromatic rings.